The Morgan fingerprint density at radius 1 is 1.29 bits per heavy atom. The van der Waals surface area contributed by atoms with Gasteiger partial charge in [-0.25, -0.2) is 0 Å². The molecule has 1 amide bonds. The monoisotopic (exact) mass is 294 g/mol. The Hall–Kier alpha value is -1.75. The van der Waals surface area contributed by atoms with Gasteiger partial charge in [-0.1, -0.05) is 13.8 Å². The van der Waals surface area contributed by atoms with E-state index in [0.717, 1.165) is 25.1 Å². The molecule has 0 heterocycles. The first-order chi connectivity index (χ1) is 10.0. The van der Waals surface area contributed by atoms with Gasteiger partial charge < -0.3 is 20.9 Å². The number of carbonyl (C=O) groups excluding carboxylic acids is 1. The summed E-state index contributed by atoms with van der Waals surface area (Å²) in [6.45, 7) is 5.40. The molecule has 1 aromatic carbocycles. The number of primary amides is 1. The van der Waals surface area contributed by atoms with E-state index in [-0.39, 0.29) is 24.3 Å². The number of carbonyl (C=O) groups is 1. The van der Waals surface area contributed by atoms with Gasteiger partial charge in [-0.2, -0.15) is 0 Å². The molecule has 0 spiro atoms. The van der Waals surface area contributed by atoms with Crippen LogP contribution < -0.4 is 15.8 Å². The predicted molar refractivity (Wildman–Crippen MR) is 84.3 cm³/mol. The zero-order valence-corrected chi connectivity index (χ0v) is 12.9. The fourth-order valence-corrected chi connectivity index (χ4v) is 2.01. The molecule has 0 radical (unpaired) electrons. The summed E-state index contributed by atoms with van der Waals surface area (Å²) in [4.78, 5) is 10.6. The molecule has 0 aromatic heterocycles. The van der Waals surface area contributed by atoms with Gasteiger partial charge in [-0.05, 0) is 37.1 Å². The third-order valence-corrected chi connectivity index (χ3v) is 3.97. The van der Waals surface area contributed by atoms with E-state index in [9.17, 15) is 9.90 Å². The van der Waals surface area contributed by atoms with Gasteiger partial charge in [0, 0.05) is 17.6 Å². The summed E-state index contributed by atoms with van der Waals surface area (Å²) in [5, 5.41) is 12.9. The zero-order chi connectivity index (χ0) is 15.7. The summed E-state index contributed by atoms with van der Waals surface area (Å²) >= 11 is 0. The quantitative estimate of drug-likeness (QED) is 0.617. The number of aliphatic hydroxyl groups excluding tert-OH is 1. The minimum Gasteiger partial charge on any atom is -0.493 e. The molecular weight excluding hydrogens is 268 g/mol. The second-order valence-corrected chi connectivity index (χ2v) is 5.31. The van der Waals surface area contributed by atoms with E-state index in [4.69, 9.17) is 10.5 Å². The van der Waals surface area contributed by atoms with Gasteiger partial charge in [-0.3, -0.25) is 4.79 Å². The van der Waals surface area contributed by atoms with Crippen LogP contribution in [0.1, 0.15) is 33.1 Å². The first-order valence-corrected chi connectivity index (χ1v) is 7.41. The molecule has 0 aliphatic rings. The highest BCUT2D eigenvalue weighted by molar-refractivity contribution is 5.73. The molecule has 4 N–H and O–H groups in total. The molecule has 0 unspecified atom stereocenters. The minimum atomic E-state index is -0.368. The van der Waals surface area contributed by atoms with Crippen LogP contribution in [0.3, 0.4) is 0 Å². The van der Waals surface area contributed by atoms with Gasteiger partial charge in [-0.15, -0.1) is 0 Å². The maximum Gasteiger partial charge on any atom is 0.220 e. The van der Waals surface area contributed by atoms with Crippen molar-refractivity contribution in [2.45, 2.75) is 33.1 Å². The summed E-state index contributed by atoms with van der Waals surface area (Å²) in [6.07, 6.45) is 2.08. The van der Waals surface area contributed by atoms with E-state index in [1.165, 1.54) is 0 Å². The molecule has 1 rings (SSSR count). The molecule has 0 saturated carbocycles. The molecule has 1 aromatic rings. The fraction of sp³-hybridized carbons (Fsp3) is 0.562. The van der Waals surface area contributed by atoms with E-state index in [0.29, 0.717) is 12.4 Å². The summed E-state index contributed by atoms with van der Waals surface area (Å²) in [5.41, 5.74) is 5.96. The number of benzene rings is 1. The van der Waals surface area contributed by atoms with E-state index < -0.39 is 0 Å². The highest BCUT2D eigenvalue weighted by atomic mass is 16.5. The van der Waals surface area contributed by atoms with E-state index >= 15 is 0 Å². The topological polar surface area (TPSA) is 84.6 Å². The van der Waals surface area contributed by atoms with E-state index in [2.05, 4.69) is 19.2 Å². The summed E-state index contributed by atoms with van der Waals surface area (Å²) in [6, 6.07) is 7.55. The third kappa shape index (κ3) is 5.63. The van der Waals surface area contributed by atoms with E-state index in [1.807, 2.05) is 24.3 Å². The minimum absolute atomic E-state index is 0.0728. The highest BCUT2D eigenvalue weighted by Crippen LogP contribution is 2.26. The number of nitrogens with two attached hydrogens (primary N) is 1. The molecule has 0 fully saturated rings. The van der Waals surface area contributed by atoms with E-state index in [1.54, 1.807) is 0 Å². The van der Waals surface area contributed by atoms with Gasteiger partial charge >= 0.3 is 0 Å². The molecule has 5 heteroatoms. The summed E-state index contributed by atoms with van der Waals surface area (Å²) in [5.74, 6) is 0.342. The first-order valence-electron chi connectivity index (χ1n) is 7.41. The van der Waals surface area contributed by atoms with Crippen molar-refractivity contribution in [1.82, 2.24) is 0 Å². The molecule has 0 aliphatic heterocycles. The number of anilines is 1. The number of hydrogen-bond donors (Lipinski definition) is 3. The molecule has 0 aliphatic carbocycles. The lowest BCUT2D eigenvalue weighted by atomic mass is 9.83. The number of rotatable bonds is 10. The molecule has 0 bridgehead atoms. The lowest BCUT2D eigenvalue weighted by Gasteiger charge is -2.30. The maximum absolute atomic E-state index is 10.6. The van der Waals surface area contributed by atoms with Gasteiger partial charge in [0.1, 0.15) is 5.75 Å². The van der Waals surface area contributed by atoms with Crippen LogP contribution in [0, 0.1) is 5.41 Å². The zero-order valence-electron chi connectivity index (χ0n) is 12.9. The van der Waals surface area contributed by atoms with Crippen LogP contribution in [-0.2, 0) is 4.79 Å². The molecule has 5 nitrogen and oxygen atoms in total. The Morgan fingerprint density at radius 2 is 1.90 bits per heavy atom. The Balaban J connectivity index is 2.49. The van der Waals surface area contributed by atoms with Crippen molar-refractivity contribution in [1.29, 1.82) is 0 Å². The molecule has 118 valence electrons. The SMILES string of the molecule is CCC(CC)(CO)CNc1ccc(OCCC(N)=O)cc1. The van der Waals surface area contributed by atoms with Crippen LogP contribution in [0.5, 0.6) is 5.75 Å². The Kier molecular flexibility index (Phi) is 7.02. The van der Waals surface area contributed by atoms with Crippen LogP contribution in [0.4, 0.5) is 5.69 Å². The molecule has 0 saturated heterocycles. The Morgan fingerprint density at radius 3 is 2.38 bits per heavy atom. The van der Waals surface area contributed by atoms with Crippen molar-refractivity contribution in [2.24, 2.45) is 11.1 Å². The smallest absolute Gasteiger partial charge is 0.220 e. The number of ether oxygens (including phenoxy) is 1. The van der Waals surface area contributed by atoms with Crippen molar-refractivity contribution in [3.8, 4) is 5.75 Å². The van der Waals surface area contributed by atoms with Gasteiger partial charge in [0.05, 0.1) is 19.6 Å². The number of hydrogen-bond acceptors (Lipinski definition) is 4. The molecule has 0 atom stereocenters. The van der Waals surface area contributed by atoms with Crippen LogP contribution in [0.15, 0.2) is 24.3 Å². The Labute approximate surface area is 126 Å². The lowest BCUT2D eigenvalue weighted by molar-refractivity contribution is -0.118. The van der Waals surface area contributed by atoms with Gasteiger partial charge in [0.15, 0.2) is 0 Å². The number of nitrogens with one attached hydrogen (secondary N) is 1. The maximum atomic E-state index is 10.6. The summed E-state index contributed by atoms with van der Waals surface area (Å²) < 4.78 is 5.41. The van der Waals surface area contributed by atoms with Crippen molar-refractivity contribution in [3.63, 3.8) is 0 Å². The number of aliphatic hydroxyl groups is 1. The second-order valence-electron chi connectivity index (χ2n) is 5.31. The Bertz CT molecular complexity index is 419. The van der Waals surface area contributed by atoms with Gasteiger partial charge in [0.2, 0.25) is 5.91 Å². The normalized spacial score (nSPS) is 11.2. The number of amides is 1. The van der Waals surface area contributed by atoms with Crippen LogP contribution in [0.2, 0.25) is 0 Å². The van der Waals surface area contributed by atoms with Crippen molar-refractivity contribution in [2.75, 3.05) is 25.1 Å². The van der Waals surface area contributed by atoms with Crippen molar-refractivity contribution >= 4 is 11.6 Å². The average Bonchev–Trinajstić information content (AvgIpc) is 2.50. The predicted octanol–water partition coefficient (Wildman–Crippen LogP) is 2.15. The highest BCUT2D eigenvalue weighted by Gasteiger charge is 2.24. The fourth-order valence-electron chi connectivity index (χ4n) is 2.01. The van der Waals surface area contributed by atoms with Crippen molar-refractivity contribution in [3.05, 3.63) is 24.3 Å². The average molecular weight is 294 g/mol. The third-order valence-electron chi connectivity index (χ3n) is 3.97. The van der Waals surface area contributed by atoms with Gasteiger partial charge in [0.25, 0.3) is 0 Å². The lowest BCUT2D eigenvalue weighted by Crippen LogP contribution is -2.32. The summed E-state index contributed by atoms with van der Waals surface area (Å²) in [7, 11) is 0. The standard InChI is InChI=1S/C16H26N2O3/c1-3-16(4-2,12-19)11-18-13-5-7-14(8-6-13)21-10-9-15(17)20/h5-8,18-19H,3-4,9-12H2,1-2H3,(H2,17,20). The molecule has 21 heavy (non-hydrogen) atoms. The van der Waals surface area contributed by atoms with Crippen LogP contribution in [-0.4, -0.2) is 30.8 Å². The molecular formula is C16H26N2O3. The van der Waals surface area contributed by atoms with Crippen LogP contribution >= 0.6 is 0 Å². The van der Waals surface area contributed by atoms with Crippen LogP contribution in [0.25, 0.3) is 0 Å². The second kappa shape index (κ2) is 8.52. The first kappa shape index (κ1) is 17.3. The van der Waals surface area contributed by atoms with Crippen molar-refractivity contribution < 1.29 is 14.6 Å². The largest absolute Gasteiger partial charge is 0.493 e.